The zero-order valence-corrected chi connectivity index (χ0v) is 22.0. The highest BCUT2D eigenvalue weighted by Crippen LogP contribution is 2.30. The molecule has 1 aromatic heterocycles. The van der Waals surface area contributed by atoms with Crippen LogP contribution in [0, 0.1) is 6.92 Å². The van der Waals surface area contributed by atoms with Gasteiger partial charge in [0.2, 0.25) is 0 Å². The third kappa shape index (κ3) is 7.01. The molecule has 0 spiro atoms. The van der Waals surface area contributed by atoms with Crippen LogP contribution < -0.4 is 14.8 Å². The van der Waals surface area contributed by atoms with Crippen molar-refractivity contribution in [2.75, 3.05) is 33.4 Å². The first-order valence-corrected chi connectivity index (χ1v) is 12.9. The van der Waals surface area contributed by atoms with Crippen molar-refractivity contribution in [2.24, 2.45) is 0 Å². The van der Waals surface area contributed by atoms with Gasteiger partial charge < -0.3 is 19.7 Å². The molecule has 1 fully saturated rings. The molecule has 37 heavy (non-hydrogen) atoms. The number of pyridine rings is 1. The summed E-state index contributed by atoms with van der Waals surface area (Å²) in [4.78, 5) is 32.3. The van der Waals surface area contributed by atoms with Gasteiger partial charge in [-0.05, 0) is 74.2 Å². The predicted octanol–water partition coefficient (Wildman–Crippen LogP) is 4.81. The number of hydrogen-bond donors (Lipinski definition) is 1. The molecule has 0 radical (unpaired) electrons. The molecule has 2 aromatic carbocycles. The van der Waals surface area contributed by atoms with Gasteiger partial charge in [0.15, 0.2) is 6.61 Å². The Morgan fingerprint density at radius 2 is 1.78 bits per heavy atom. The zero-order valence-electron chi connectivity index (χ0n) is 21.2. The van der Waals surface area contributed by atoms with Gasteiger partial charge >= 0.3 is 0 Å². The zero-order chi connectivity index (χ0) is 26.2. The lowest BCUT2D eigenvalue weighted by Crippen LogP contribution is -2.41. The molecule has 3 aromatic rings. The number of rotatable bonds is 9. The highest BCUT2D eigenvalue weighted by atomic mass is 35.5. The Kier molecular flexibility index (Phi) is 9.01. The number of nitrogens with one attached hydrogen (secondary N) is 1. The SMILES string of the molecule is COc1ccccc1CCNC(=O)c1ccc(C)nc1C1CCN(C(=O)COc2ccc(Cl)cc2)CC1. The van der Waals surface area contributed by atoms with Crippen LogP contribution in [0.3, 0.4) is 0 Å². The number of benzene rings is 2. The minimum Gasteiger partial charge on any atom is -0.496 e. The van der Waals surface area contributed by atoms with Crippen molar-refractivity contribution in [3.63, 3.8) is 0 Å². The Bertz CT molecular complexity index is 1220. The van der Waals surface area contributed by atoms with Crippen LogP contribution in [-0.4, -0.2) is 55.0 Å². The number of carbonyl (C=O) groups excluding carboxylic acids is 2. The predicted molar refractivity (Wildman–Crippen MR) is 144 cm³/mol. The van der Waals surface area contributed by atoms with E-state index in [2.05, 4.69) is 5.32 Å². The average molecular weight is 522 g/mol. The molecule has 1 aliphatic heterocycles. The van der Waals surface area contributed by atoms with Crippen LogP contribution in [0.5, 0.6) is 11.5 Å². The van der Waals surface area contributed by atoms with Crippen molar-refractivity contribution in [1.82, 2.24) is 15.2 Å². The molecular weight excluding hydrogens is 490 g/mol. The Hall–Kier alpha value is -3.58. The van der Waals surface area contributed by atoms with E-state index in [1.54, 1.807) is 31.4 Å². The fraction of sp³-hybridized carbons (Fsp3) is 0.345. The molecule has 1 saturated heterocycles. The molecule has 0 atom stereocenters. The number of carbonyl (C=O) groups is 2. The number of ether oxygens (including phenoxy) is 2. The summed E-state index contributed by atoms with van der Waals surface area (Å²) in [6.07, 6.45) is 2.15. The van der Waals surface area contributed by atoms with E-state index in [9.17, 15) is 9.59 Å². The molecule has 0 aliphatic carbocycles. The summed E-state index contributed by atoms with van der Waals surface area (Å²) < 4.78 is 11.0. The molecule has 4 rings (SSSR count). The lowest BCUT2D eigenvalue weighted by molar-refractivity contribution is -0.134. The standard InChI is InChI=1S/C29H32ClN3O4/c1-20-7-12-25(29(35)31-16-13-21-5-3-4-6-26(21)36-2)28(32-20)22-14-17-33(18-15-22)27(34)19-37-24-10-8-23(30)9-11-24/h3-12,22H,13-19H2,1-2H3,(H,31,35). The summed E-state index contributed by atoms with van der Waals surface area (Å²) in [6.45, 7) is 3.59. The minimum absolute atomic E-state index is 0.0190. The van der Waals surface area contributed by atoms with Crippen LogP contribution in [0.1, 0.15) is 46.1 Å². The molecule has 0 unspecified atom stereocenters. The first-order valence-electron chi connectivity index (χ1n) is 12.5. The first-order chi connectivity index (χ1) is 17.9. The fourth-order valence-corrected chi connectivity index (χ4v) is 4.69. The molecule has 194 valence electrons. The maximum absolute atomic E-state index is 13.1. The molecule has 2 amide bonds. The maximum Gasteiger partial charge on any atom is 0.260 e. The molecule has 8 heteroatoms. The Morgan fingerprint density at radius 3 is 2.51 bits per heavy atom. The number of nitrogens with zero attached hydrogens (tertiary/aromatic N) is 2. The average Bonchev–Trinajstić information content (AvgIpc) is 2.92. The maximum atomic E-state index is 13.1. The number of halogens is 1. The van der Waals surface area contributed by atoms with Gasteiger partial charge in [-0.2, -0.15) is 0 Å². The van der Waals surface area contributed by atoms with E-state index in [0.29, 0.717) is 42.4 Å². The normalized spacial score (nSPS) is 13.8. The molecular formula is C29H32ClN3O4. The van der Waals surface area contributed by atoms with Gasteiger partial charge in [-0.25, -0.2) is 0 Å². The van der Waals surface area contributed by atoms with Gasteiger partial charge in [-0.3, -0.25) is 14.6 Å². The molecule has 1 aliphatic rings. The van der Waals surface area contributed by atoms with Crippen molar-refractivity contribution >= 4 is 23.4 Å². The first kappa shape index (κ1) is 26.5. The van der Waals surface area contributed by atoms with E-state index in [-0.39, 0.29) is 24.3 Å². The summed E-state index contributed by atoms with van der Waals surface area (Å²) in [5, 5.41) is 3.66. The second-order valence-corrected chi connectivity index (χ2v) is 9.54. The molecule has 2 heterocycles. The molecule has 0 bridgehead atoms. The number of aromatic nitrogens is 1. The highest BCUT2D eigenvalue weighted by molar-refractivity contribution is 6.30. The fourth-order valence-electron chi connectivity index (χ4n) is 4.56. The number of aryl methyl sites for hydroxylation is 1. The topological polar surface area (TPSA) is 80.8 Å². The summed E-state index contributed by atoms with van der Waals surface area (Å²) in [5.74, 6) is 1.34. The van der Waals surface area contributed by atoms with Gasteiger partial charge in [-0.1, -0.05) is 29.8 Å². The highest BCUT2D eigenvalue weighted by Gasteiger charge is 2.28. The molecule has 0 saturated carbocycles. The van der Waals surface area contributed by atoms with Crippen molar-refractivity contribution in [1.29, 1.82) is 0 Å². The summed E-state index contributed by atoms with van der Waals surface area (Å²) in [5.41, 5.74) is 3.32. The van der Waals surface area contributed by atoms with Gasteiger partial charge in [-0.15, -0.1) is 0 Å². The van der Waals surface area contributed by atoms with Crippen molar-refractivity contribution in [2.45, 2.75) is 32.1 Å². The van der Waals surface area contributed by atoms with Gasteiger partial charge in [0.25, 0.3) is 11.8 Å². The minimum atomic E-state index is -0.132. The number of hydrogen-bond acceptors (Lipinski definition) is 5. The summed E-state index contributed by atoms with van der Waals surface area (Å²) >= 11 is 5.90. The van der Waals surface area contributed by atoms with Crippen LogP contribution in [-0.2, 0) is 11.2 Å². The lowest BCUT2D eigenvalue weighted by Gasteiger charge is -2.32. The summed E-state index contributed by atoms with van der Waals surface area (Å²) in [6, 6.07) is 18.5. The monoisotopic (exact) mass is 521 g/mol. The quantitative estimate of drug-likeness (QED) is 0.437. The van der Waals surface area contributed by atoms with Crippen LogP contribution in [0.15, 0.2) is 60.7 Å². The van der Waals surface area contributed by atoms with E-state index in [4.69, 9.17) is 26.1 Å². The Balaban J connectivity index is 1.33. The van der Waals surface area contributed by atoms with Crippen molar-refractivity contribution in [3.8, 4) is 11.5 Å². The number of para-hydroxylation sites is 1. The van der Waals surface area contributed by atoms with Crippen molar-refractivity contribution < 1.29 is 19.1 Å². The number of amides is 2. The molecule has 1 N–H and O–H groups in total. The van der Waals surface area contributed by atoms with E-state index in [1.165, 1.54) is 0 Å². The second kappa shape index (κ2) is 12.6. The third-order valence-corrected chi connectivity index (χ3v) is 6.84. The van der Waals surface area contributed by atoms with Gasteiger partial charge in [0, 0.05) is 36.3 Å². The van der Waals surface area contributed by atoms with E-state index in [0.717, 1.165) is 35.5 Å². The van der Waals surface area contributed by atoms with Gasteiger partial charge in [0.1, 0.15) is 11.5 Å². The van der Waals surface area contributed by atoms with Gasteiger partial charge in [0.05, 0.1) is 18.4 Å². The van der Waals surface area contributed by atoms with Crippen LogP contribution >= 0.6 is 11.6 Å². The second-order valence-electron chi connectivity index (χ2n) is 9.10. The third-order valence-electron chi connectivity index (χ3n) is 6.59. The smallest absolute Gasteiger partial charge is 0.260 e. The van der Waals surface area contributed by atoms with Crippen LogP contribution in [0.4, 0.5) is 0 Å². The van der Waals surface area contributed by atoms with Crippen LogP contribution in [0.25, 0.3) is 0 Å². The van der Waals surface area contributed by atoms with E-state index in [1.807, 2.05) is 48.2 Å². The van der Waals surface area contributed by atoms with Crippen LogP contribution in [0.2, 0.25) is 5.02 Å². The number of likely N-dealkylation sites (tertiary alicyclic amines) is 1. The molecule has 7 nitrogen and oxygen atoms in total. The summed E-state index contributed by atoms with van der Waals surface area (Å²) in [7, 11) is 1.65. The number of piperidine rings is 1. The Labute approximate surface area is 222 Å². The van der Waals surface area contributed by atoms with Crippen molar-refractivity contribution in [3.05, 3.63) is 88.2 Å². The Morgan fingerprint density at radius 1 is 1.05 bits per heavy atom. The van der Waals surface area contributed by atoms with E-state index < -0.39 is 0 Å². The number of methoxy groups -OCH3 is 1. The lowest BCUT2D eigenvalue weighted by atomic mass is 9.89. The van der Waals surface area contributed by atoms with E-state index >= 15 is 0 Å². The largest absolute Gasteiger partial charge is 0.496 e.